The lowest BCUT2D eigenvalue weighted by Crippen LogP contribution is -2.21. The molecule has 1 aliphatic carbocycles. The highest BCUT2D eigenvalue weighted by Crippen LogP contribution is 2.26. The van der Waals surface area contributed by atoms with Crippen LogP contribution in [0.4, 0.5) is 5.69 Å². The second kappa shape index (κ2) is 6.35. The highest BCUT2D eigenvalue weighted by Gasteiger charge is 2.23. The Balaban J connectivity index is 2.16. The Bertz CT molecular complexity index is 614. The van der Waals surface area contributed by atoms with Gasteiger partial charge in [0.2, 0.25) is 0 Å². The molecule has 0 aromatic heterocycles. The lowest BCUT2D eigenvalue weighted by atomic mass is 9.91. The molecule has 0 saturated heterocycles. The van der Waals surface area contributed by atoms with Crippen molar-refractivity contribution in [2.24, 2.45) is 0 Å². The molecule has 0 unspecified atom stereocenters. The standard InChI is InChI=1S/C16H17NO4/c1-10(18)11-6-8-12(9-7-11)17-15(19)13-4-2-3-5-14(13)16(20)21/h6-9H,2-5H2,1H3,(H,17,19)(H,20,21). The van der Waals surface area contributed by atoms with Gasteiger partial charge in [0.1, 0.15) is 0 Å². The van der Waals surface area contributed by atoms with E-state index in [2.05, 4.69) is 5.32 Å². The van der Waals surface area contributed by atoms with Crippen molar-refractivity contribution in [2.75, 3.05) is 5.32 Å². The van der Waals surface area contributed by atoms with Crippen molar-refractivity contribution in [1.82, 2.24) is 0 Å². The van der Waals surface area contributed by atoms with Crippen LogP contribution in [0, 0.1) is 0 Å². The third-order valence-corrected chi connectivity index (χ3v) is 3.55. The molecule has 110 valence electrons. The Hall–Kier alpha value is -2.43. The number of hydrogen-bond donors (Lipinski definition) is 2. The van der Waals surface area contributed by atoms with Crippen LogP contribution in [-0.2, 0) is 9.59 Å². The number of ketones is 1. The summed E-state index contributed by atoms with van der Waals surface area (Å²) in [5.74, 6) is -1.44. The first-order chi connectivity index (χ1) is 9.99. The molecule has 0 bridgehead atoms. The van der Waals surface area contributed by atoms with E-state index in [9.17, 15) is 14.4 Å². The number of hydrogen-bond acceptors (Lipinski definition) is 3. The van der Waals surface area contributed by atoms with E-state index >= 15 is 0 Å². The normalized spacial score (nSPS) is 14.7. The molecule has 2 N–H and O–H groups in total. The number of carboxylic acids is 1. The fourth-order valence-electron chi connectivity index (χ4n) is 2.39. The van der Waals surface area contributed by atoms with Gasteiger partial charge in [-0.2, -0.15) is 0 Å². The van der Waals surface area contributed by atoms with E-state index in [1.54, 1.807) is 24.3 Å². The van der Waals surface area contributed by atoms with Gasteiger partial charge < -0.3 is 10.4 Å². The van der Waals surface area contributed by atoms with Gasteiger partial charge >= 0.3 is 5.97 Å². The average Bonchev–Trinajstić information content (AvgIpc) is 2.47. The van der Waals surface area contributed by atoms with Crippen LogP contribution in [0.1, 0.15) is 43.0 Å². The minimum atomic E-state index is -1.02. The Labute approximate surface area is 122 Å². The third kappa shape index (κ3) is 3.56. The summed E-state index contributed by atoms with van der Waals surface area (Å²) < 4.78 is 0. The minimum Gasteiger partial charge on any atom is -0.478 e. The maximum absolute atomic E-state index is 12.2. The van der Waals surface area contributed by atoms with Gasteiger partial charge in [0.25, 0.3) is 5.91 Å². The van der Waals surface area contributed by atoms with Crippen LogP contribution in [0.5, 0.6) is 0 Å². The van der Waals surface area contributed by atoms with Gasteiger partial charge in [-0.15, -0.1) is 0 Å². The molecule has 0 fully saturated rings. The van der Waals surface area contributed by atoms with E-state index in [4.69, 9.17) is 5.11 Å². The summed E-state index contributed by atoms with van der Waals surface area (Å²) >= 11 is 0. The van der Waals surface area contributed by atoms with Crippen LogP contribution in [0.25, 0.3) is 0 Å². The van der Waals surface area contributed by atoms with Crippen LogP contribution in [0.3, 0.4) is 0 Å². The van der Waals surface area contributed by atoms with E-state index in [-0.39, 0.29) is 17.3 Å². The second-order valence-corrected chi connectivity index (χ2v) is 5.06. The van der Waals surface area contributed by atoms with Gasteiger partial charge in [-0.3, -0.25) is 9.59 Å². The Morgan fingerprint density at radius 2 is 1.57 bits per heavy atom. The molecule has 0 heterocycles. The summed E-state index contributed by atoms with van der Waals surface area (Å²) in [6, 6.07) is 6.54. The first kappa shape index (κ1) is 15.0. The van der Waals surface area contributed by atoms with Crippen LogP contribution in [-0.4, -0.2) is 22.8 Å². The van der Waals surface area contributed by atoms with Gasteiger partial charge in [0.15, 0.2) is 5.78 Å². The highest BCUT2D eigenvalue weighted by atomic mass is 16.4. The zero-order valence-corrected chi connectivity index (χ0v) is 11.8. The largest absolute Gasteiger partial charge is 0.478 e. The van der Waals surface area contributed by atoms with Crippen molar-refractivity contribution < 1.29 is 19.5 Å². The van der Waals surface area contributed by atoms with Crippen LogP contribution >= 0.6 is 0 Å². The molecule has 2 rings (SSSR count). The van der Waals surface area contributed by atoms with Crippen molar-refractivity contribution in [2.45, 2.75) is 32.6 Å². The smallest absolute Gasteiger partial charge is 0.332 e. The van der Waals surface area contributed by atoms with Crippen LogP contribution < -0.4 is 5.32 Å². The Morgan fingerprint density at radius 3 is 2.10 bits per heavy atom. The van der Waals surface area contributed by atoms with Gasteiger partial charge in [-0.1, -0.05) is 0 Å². The van der Waals surface area contributed by atoms with Crippen molar-refractivity contribution in [3.05, 3.63) is 41.0 Å². The molecule has 1 amide bonds. The summed E-state index contributed by atoms with van der Waals surface area (Å²) in [4.78, 5) is 34.6. The number of rotatable bonds is 4. The summed E-state index contributed by atoms with van der Waals surface area (Å²) in [6.45, 7) is 1.47. The van der Waals surface area contributed by atoms with Gasteiger partial charge in [-0.25, -0.2) is 4.79 Å². The predicted molar refractivity (Wildman–Crippen MR) is 78.2 cm³/mol. The van der Waals surface area contributed by atoms with E-state index < -0.39 is 5.97 Å². The van der Waals surface area contributed by atoms with Crippen LogP contribution in [0.2, 0.25) is 0 Å². The first-order valence-corrected chi connectivity index (χ1v) is 6.86. The fraction of sp³-hybridized carbons (Fsp3) is 0.312. The average molecular weight is 287 g/mol. The maximum atomic E-state index is 12.2. The van der Waals surface area contributed by atoms with Gasteiger partial charge in [-0.05, 0) is 56.9 Å². The SMILES string of the molecule is CC(=O)c1ccc(NC(=O)C2=C(C(=O)O)CCCC2)cc1. The van der Waals surface area contributed by atoms with E-state index in [0.717, 1.165) is 12.8 Å². The molecular formula is C16H17NO4. The molecule has 1 aliphatic rings. The minimum absolute atomic E-state index is 0.0453. The fourth-order valence-corrected chi connectivity index (χ4v) is 2.39. The first-order valence-electron chi connectivity index (χ1n) is 6.86. The number of carboxylic acid groups (broad SMARTS) is 1. The third-order valence-electron chi connectivity index (χ3n) is 3.55. The number of amides is 1. The molecular weight excluding hydrogens is 270 g/mol. The summed E-state index contributed by atoms with van der Waals surface area (Å²) in [5.41, 5.74) is 1.67. The lowest BCUT2D eigenvalue weighted by Gasteiger charge is -2.17. The topological polar surface area (TPSA) is 83.5 Å². The zero-order chi connectivity index (χ0) is 15.4. The van der Waals surface area contributed by atoms with E-state index in [0.29, 0.717) is 29.7 Å². The second-order valence-electron chi connectivity index (χ2n) is 5.06. The molecule has 5 heteroatoms. The van der Waals surface area contributed by atoms with E-state index in [1.165, 1.54) is 6.92 Å². The quantitative estimate of drug-likeness (QED) is 0.834. The summed E-state index contributed by atoms with van der Waals surface area (Å²) in [7, 11) is 0. The lowest BCUT2D eigenvalue weighted by molar-refractivity contribution is -0.133. The molecule has 1 aromatic rings. The monoisotopic (exact) mass is 287 g/mol. The molecule has 21 heavy (non-hydrogen) atoms. The van der Waals surface area contributed by atoms with Crippen molar-refractivity contribution in [1.29, 1.82) is 0 Å². The number of benzene rings is 1. The molecule has 0 atom stereocenters. The number of aliphatic carboxylic acids is 1. The molecule has 1 aromatic carbocycles. The maximum Gasteiger partial charge on any atom is 0.332 e. The summed E-state index contributed by atoms with van der Waals surface area (Å²) in [6.07, 6.45) is 2.54. The van der Waals surface area contributed by atoms with Crippen molar-refractivity contribution >= 4 is 23.3 Å². The Kier molecular flexibility index (Phi) is 4.52. The molecule has 0 aliphatic heterocycles. The number of nitrogens with one attached hydrogen (secondary N) is 1. The van der Waals surface area contributed by atoms with Crippen molar-refractivity contribution in [3.8, 4) is 0 Å². The number of carbonyl (C=O) groups is 3. The predicted octanol–water partition coefficient (Wildman–Crippen LogP) is 2.78. The van der Waals surface area contributed by atoms with Crippen LogP contribution in [0.15, 0.2) is 35.4 Å². The van der Waals surface area contributed by atoms with Gasteiger partial charge in [0.05, 0.1) is 0 Å². The molecule has 0 spiro atoms. The van der Waals surface area contributed by atoms with Crippen molar-refractivity contribution in [3.63, 3.8) is 0 Å². The summed E-state index contributed by atoms with van der Waals surface area (Å²) in [5, 5.41) is 11.8. The molecule has 0 saturated carbocycles. The Morgan fingerprint density at radius 1 is 1.00 bits per heavy atom. The molecule has 5 nitrogen and oxygen atoms in total. The van der Waals surface area contributed by atoms with E-state index in [1.807, 2.05) is 0 Å². The zero-order valence-electron chi connectivity index (χ0n) is 11.8. The highest BCUT2D eigenvalue weighted by molar-refractivity contribution is 6.09. The molecule has 0 radical (unpaired) electrons. The van der Waals surface area contributed by atoms with Gasteiger partial charge in [0, 0.05) is 22.4 Å². The number of Topliss-reactive ketones (excluding diaryl/α,β-unsaturated/α-hetero) is 1. The number of anilines is 1. The number of carbonyl (C=O) groups excluding carboxylic acids is 2.